The average molecular weight is 483 g/mol. The zero-order chi connectivity index (χ0) is 23.6. The number of carbonyl (C=O) groups is 1. The van der Waals surface area contributed by atoms with Gasteiger partial charge in [-0.15, -0.1) is 11.3 Å². The molecular formula is C24H26N4O3S2. The van der Waals surface area contributed by atoms with E-state index in [0.717, 1.165) is 27.5 Å². The van der Waals surface area contributed by atoms with Crippen LogP contribution in [-0.4, -0.2) is 42.3 Å². The second-order valence-corrected chi connectivity index (χ2v) is 10.9. The van der Waals surface area contributed by atoms with Gasteiger partial charge in [-0.1, -0.05) is 24.3 Å². The summed E-state index contributed by atoms with van der Waals surface area (Å²) in [5, 5.41) is 5.04. The van der Waals surface area contributed by atoms with Gasteiger partial charge in [-0.2, -0.15) is 0 Å². The monoisotopic (exact) mass is 482 g/mol. The molecule has 0 aliphatic heterocycles. The van der Waals surface area contributed by atoms with Crippen molar-refractivity contribution in [2.45, 2.75) is 31.2 Å². The van der Waals surface area contributed by atoms with Crippen molar-refractivity contribution in [3.05, 3.63) is 65.8 Å². The van der Waals surface area contributed by atoms with Gasteiger partial charge in [0, 0.05) is 49.6 Å². The van der Waals surface area contributed by atoms with Crippen LogP contribution in [0.2, 0.25) is 0 Å². The molecule has 0 fully saturated rings. The molecule has 172 valence electrons. The molecule has 1 amide bonds. The first kappa shape index (κ1) is 23.2. The van der Waals surface area contributed by atoms with Crippen LogP contribution in [0, 0.1) is 0 Å². The number of aryl methyl sites for hydroxylation is 2. The van der Waals surface area contributed by atoms with Gasteiger partial charge in [0.2, 0.25) is 15.9 Å². The Bertz CT molecular complexity index is 1390. The number of nitrogens with one attached hydrogen (secondary N) is 1. The van der Waals surface area contributed by atoms with Crippen molar-refractivity contribution in [3.8, 4) is 10.4 Å². The number of amides is 1. The highest BCUT2D eigenvalue weighted by molar-refractivity contribution is 7.89. The van der Waals surface area contributed by atoms with Crippen LogP contribution in [0.15, 0.2) is 64.9 Å². The van der Waals surface area contributed by atoms with Crippen molar-refractivity contribution in [3.63, 3.8) is 0 Å². The molecule has 0 spiro atoms. The van der Waals surface area contributed by atoms with Crippen LogP contribution < -0.4 is 5.32 Å². The number of rotatable bonds is 8. The summed E-state index contributed by atoms with van der Waals surface area (Å²) in [4.78, 5) is 18.7. The topological polar surface area (TPSA) is 84.3 Å². The first-order valence-electron chi connectivity index (χ1n) is 10.7. The van der Waals surface area contributed by atoms with E-state index < -0.39 is 10.0 Å². The first-order valence-corrected chi connectivity index (χ1v) is 13.0. The van der Waals surface area contributed by atoms with Gasteiger partial charge in [0.25, 0.3) is 0 Å². The fraction of sp³-hybridized carbons (Fsp3) is 0.250. The SMILES string of the molecule is CCn1c(CCC(=O)Nc2ccccc2-c2cccs2)nc2cc(S(=O)(=O)N(C)C)ccc21. The van der Waals surface area contributed by atoms with Gasteiger partial charge in [-0.25, -0.2) is 17.7 Å². The molecule has 0 saturated heterocycles. The Morgan fingerprint density at radius 3 is 2.61 bits per heavy atom. The molecular weight excluding hydrogens is 456 g/mol. The molecule has 0 unspecified atom stereocenters. The van der Waals surface area contributed by atoms with E-state index in [-0.39, 0.29) is 17.2 Å². The lowest BCUT2D eigenvalue weighted by molar-refractivity contribution is -0.116. The minimum Gasteiger partial charge on any atom is -0.328 e. The highest BCUT2D eigenvalue weighted by Crippen LogP contribution is 2.31. The Balaban J connectivity index is 1.53. The normalized spacial score (nSPS) is 11.9. The van der Waals surface area contributed by atoms with E-state index in [4.69, 9.17) is 0 Å². The Labute approximate surface area is 197 Å². The molecule has 0 aliphatic carbocycles. The molecule has 2 aromatic heterocycles. The van der Waals surface area contributed by atoms with Gasteiger partial charge < -0.3 is 9.88 Å². The number of para-hydroxylation sites is 1. The Kier molecular flexibility index (Phi) is 6.64. The van der Waals surface area contributed by atoms with Crippen molar-refractivity contribution in [1.29, 1.82) is 0 Å². The summed E-state index contributed by atoms with van der Waals surface area (Å²) in [5.41, 5.74) is 3.25. The standard InChI is InChI=1S/C24H26N4O3S2/c1-4-28-21-12-11-17(33(30,31)27(2)3)16-20(21)25-23(28)13-14-24(29)26-19-9-6-5-8-18(19)22-10-7-15-32-22/h5-12,15-16H,4,13-14H2,1-3H3,(H,26,29). The third kappa shape index (κ3) is 4.71. The van der Waals surface area contributed by atoms with E-state index in [1.165, 1.54) is 18.4 Å². The van der Waals surface area contributed by atoms with Gasteiger partial charge in [-0.05, 0) is 42.6 Å². The molecule has 1 N–H and O–H groups in total. The van der Waals surface area contributed by atoms with E-state index in [1.54, 1.807) is 29.5 Å². The number of imidazole rings is 1. The summed E-state index contributed by atoms with van der Waals surface area (Å²) in [7, 11) is -0.531. The minimum atomic E-state index is -3.54. The number of carbonyl (C=O) groups excluding carboxylic acids is 1. The lowest BCUT2D eigenvalue weighted by Crippen LogP contribution is -2.22. The van der Waals surface area contributed by atoms with Crippen LogP contribution in [-0.2, 0) is 27.8 Å². The predicted octanol–water partition coefficient (Wildman–Crippen LogP) is 4.61. The van der Waals surface area contributed by atoms with Crippen LogP contribution >= 0.6 is 11.3 Å². The molecule has 0 radical (unpaired) electrons. The molecule has 4 aromatic rings. The summed E-state index contributed by atoms with van der Waals surface area (Å²) < 4.78 is 28.2. The number of benzene rings is 2. The molecule has 2 heterocycles. The summed E-state index contributed by atoms with van der Waals surface area (Å²) in [5.74, 6) is 0.665. The Hall–Kier alpha value is -3.01. The number of sulfonamides is 1. The van der Waals surface area contributed by atoms with Gasteiger partial charge >= 0.3 is 0 Å². The van der Waals surface area contributed by atoms with E-state index in [2.05, 4.69) is 10.3 Å². The van der Waals surface area contributed by atoms with Crippen molar-refractivity contribution >= 4 is 44.0 Å². The van der Waals surface area contributed by atoms with Crippen molar-refractivity contribution in [2.75, 3.05) is 19.4 Å². The van der Waals surface area contributed by atoms with Crippen LogP contribution in [0.3, 0.4) is 0 Å². The third-order valence-electron chi connectivity index (χ3n) is 5.46. The van der Waals surface area contributed by atoms with Gasteiger partial charge in [0.15, 0.2) is 0 Å². The Morgan fingerprint density at radius 1 is 1.12 bits per heavy atom. The highest BCUT2D eigenvalue weighted by Gasteiger charge is 2.20. The highest BCUT2D eigenvalue weighted by atomic mass is 32.2. The molecule has 2 aromatic carbocycles. The van der Waals surface area contributed by atoms with Crippen molar-refractivity contribution in [1.82, 2.24) is 13.9 Å². The summed E-state index contributed by atoms with van der Waals surface area (Å²) in [6.07, 6.45) is 0.718. The number of aromatic nitrogens is 2. The number of fused-ring (bicyclic) bond motifs is 1. The largest absolute Gasteiger partial charge is 0.328 e. The van der Waals surface area contributed by atoms with E-state index in [9.17, 15) is 13.2 Å². The van der Waals surface area contributed by atoms with Crippen molar-refractivity contribution in [2.24, 2.45) is 0 Å². The molecule has 0 aliphatic rings. The second-order valence-electron chi connectivity index (χ2n) is 7.78. The lowest BCUT2D eigenvalue weighted by atomic mass is 10.1. The maximum atomic E-state index is 12.8. The molecule has 0 atom stereocenters. The van der Waals surface area contributed by atoms with Crippen LogP contribution in [0.5, 0.6) is 0 Å². The zero-order valence-electron chi connectivity index (χ0n) is 18.8. The van der Waals surface area contributed by atoms with Gasteiger partial charge in [0.1, 0.15) is 5.82 Å². The number of anilines is 1. The third-order valence-corrected chi connectivity index (χ3v) is 8.17. The number of hydrogen-bond acceptors (Lipinski definition) is 5. The van der Waals surface area contributed by atoms with E-state index in [0.29, 0.717) is 18.5 Å². The molecule has 4 rings (SSSR count). The second kappa shape index (κ2) is 9.46. The number of thiophene rings is 1. The van der Waals surface area contributed by atoms with Gasteiger partial charge in [-0.3, -0.25) is 4.79 Å². The lowest BCUT2D eigenvalue weighted by Gasteiger charge is -2.11. The van der Waals surface area contributed by atoms with Gasteiger partial charge in [0.05, 0.1) is 15.9 Å². The maximum absolute atomic E-state index is 12.8. The van der Waals surface area contributed by atoms with Crippen molar-refractivity contribution < 1.29 is 13.2 Å². The van der Waals surface area contributed by atoms with E-state index >= 15 is 0 Å². The first-order chi connectivity index (χ1) is 15.8. The van der Waals surface area contributed by atoms with Crippen LogP contribution in [0.25, 0.3) is 21.5 Å². The molecule has 0 saturated carbocycles. The summed E-state index contributed by atoms with van der Waals surface area (Å²) in [6.45, 7) is 2.68. The number of hydrogen-bond donors (Lipinski definition) is 1. The molecule has 33 heavy (non-hydrogen) atoms. The van der Waals surface area contributed by atoms with Crippen LogP contribution in [0.4, 0.5) is 5.69 Å². The fourth-order valence-electron chi connectivity index (χ4n) is 3.75. The average Bonchev–Trinajstić information content (AvgIpc) is 3.45. The molecule has 7 nitrogen and oxygen atoms in total. The predicted molar refractivity (Wildman–Crippen MR) is 133 cm³/mol. The Morgan fingerprint density at radius 2 is 1.91 bits per heavy atom. The minimum absolute atomic E-state index is 0.0930. The smallest absolute Gasteiger partial charge is 0.242 e. The molecule has 0 bridgehead atoms. The summed E-state index contributed by atoms with van der Waals surface area (Å²) in [6, 6.07) is 16.8. The van der Waals surface area contributed by atoms with Crippen LogP contribution in [0.1, 0.15) is 19.2 Å². The molecule has 9 heteroatoms. The van der Waals surface area contributed by atoms with E-state index in [1.807, 2.05) is 53.3 Å². The quantitative estimate of drug-likeness (QED) is 0.398. The zero-order valence-corrected chi connectivity index (χ0v) is 20.4. The maximum Gasteiger partial charge on any atom is 0.242 e. The summed E-state index contributed by atoms with van der Waals surface area (Å²) >= 11 is 1.63. The number of nitrogens with zero attached hydrogens (tertiary/aromatic N) is 3. The fourth-order valence-corrected chi connectivity index (χ4v) is 5.44.